The van der Waals surface area contributed by atoms with Crippen LogP contribution in [0.2, 0.25) is 0 Å². The quantitative estimate of drug-likeness (QED) is 0.371. The van der Waals surface area contributed by atoms with Crippen molar-refractivity contribution in [3.05, 3.63) is 29.5 Å². The third-order valence-electron chi connectivity index (χ3n) is 2.90. The summed E-state index contributed by atoms with van der Waals surface area (Å²) in [6, 6.07) is 0. The second-order valence-corrected chi connectivity index (χ2v) is 17.9. The molecule has 2 aliphatic heterocycles. The number of fused-ring (bicyclic) bond motifs is 1. The van der Waals surface area contributed by atoms with Crippen LogP contribution in [0.4, 0.5) is 0 Å². The lowest BCUT2D eigenvalue weighted by atomic mass is 10.9. The van der Waals surface area contributed by atoms with Crippen LogP contribution in [0, 0.1) is 3.82 Å². The highest BCUT2D eigenvalue weighted by atomic mass is 32.3. The second-order valence-electron chi connectivity index (χ2n) is 4.56. The van der Waals surface area contributed by atoms with E-state index in [9.17, 15) is 4.79 Å². The van der Waals surface area contributed by atoms with Gasteiger partial charge in [-0.2, -0.15) is 0 Å². The van der Waals surface area contributed by atoms with Crippen LogP contribution in [0.5, 0.6) is 0 Å². The van der Waals surface area contributed by atoms with Gasteiger partial charge in [0, 0.05) is 0 Å². The monoisotopic (exact) mass is 546 g/mol. The maximum atomic E-state index is 11.5. The Bertz CT molecular complexity index is 1060. The summed E-state index contributed by atoms with van der Waals surface area (Å²) in [5, 5.41) is 0. The average molecular weight is 547 g/mol. The molecule has 0 amide bonds. The molecule has 26 heavy (non-hydrogen) atoms. The summed E-state index contributed by atoms with van der Waals surface area (Å²) in [7, 11) is 0. The van der Waals surface area contributed by atoms with Gasteiger partial charge >= 0.3 is 0 Å². The average Bonchev–Trinajstić information content (AvgIpc) is 3.31. The van der Waals surface area contributed by atoms with E-state index in [1.165, 1.54) is 48.0 Å². The highest BCUT2D eigenvalue weighted by Gasteiger charge is 2.25. The molecular weight excluding hydrogens is 537 g/mol. The van der Waals surface area contributed by atoms with E-state index in [2.05, 4.69) is 13.8 Å². The third-order valence-corrected chi connectivity index (χ3v) is 17.1. The number of thioether (sulfide) groups is 6. The number of rotatable bonds is 4. The molecule has 4 heterocycles. The van der Waals surface area contributed by atoms with E-state index >= 15 is 0 Å². The Kier molecular flexibility index (Phi) is 7.44. The molecule has 1 nitrogen and oxygen atoms in total. The van der Waals surface area contributed by atoms with Crippen LogP contribution in [0.15, 0.2) is 21.7 Å². The lowest BCUT2D eigenvalue weighted by molar-refractivity contribution is 1.53. The summed E-state index contributed by atoms with van der Waals surface area (Å²) < 4.78 is 11.4. The van der Waals surface area contributed by atoms with Gasteiger partial charge in [-0.15, -0.1) is 46.2 Å². The molecule has 0 unspecified atom stereocenters. The van der Waals surface area contributed by atoms with E-state index < -0.39 is 0 Å². The summed E-state index contributed by atoms with van der Waals surface area (Å²) in [6.07, 6.45) is 0. The third kappa shape index (κ3) is 4.40. The summed E-state index contributed by atoms with van der Waals surface area (Å²) >= 11 is 23.1. The Labute approximate surface area is 197 Å². The Hall–Kier alpha value is 1.70. The molecule has 0 saturated carbocycles. The highest BCUT2D eigenvalue weighted by molar-refractivity contribution is 8.45. The van der Waals surface area contributed by atoms with Crippen LogP contribution in [-0.4, -0.2) is 11.5 Å². The van der Waals surface area contributed by atoms with E-state index in [0.717, 1.165) is 23.7 Å². The summed E-state index contributed by atoms with van der Waals surface area (Å²) in [6.45, 7) is 4.42. The van der Waals surface area contributed by atoms with Crippen molar-refractivity contribution in [3.8, 4) is 0 Å². The van der Waals surface area contributed by atoms with Gasteiger partial charge in [0.05, 0.1) is 29.9 Å². The molecule has 2 aromatic rings. The maximum Gasteiger partial charge on any atom is 0.289 e. The topological polar surface area (TPSA) is 17.1 Å². The number of hydrogen-bond donors (Lipinski definition) is 0. The van der Waals surface area contributed by atoms with E-state index in [-0.39, 0.29) is 4.06 Å². The smallest absolute Gasteiger partial charge is 0.265 e. The molecule has 0 bridgehead atoms. The van der Waals surface area contributed by atoms with Crippen molar-refractivity contribution >= 4 is 137 Å². The zero-order valence-electron chi connectivity index (χ0n) is 13.3. The van der Waals surface area contributed by atoms with Gasteiger partial charge < -0.3 is 0 Å². The molecule has 0 fully saturated rings. The molecular formula is C14H10OS11. The van der Waals surface area contributed by atoms with Crippen molar-refractivity contribution in [2.24, 2.45) is 0 Å². The Balaban J connectivity index is 1.71. The van der Waals surface area contributed by atoms with Crippen molar-refractivity contribution in [1.29, 1.82) is 0 Å². The van der Waals surface area contributed by atoms with Crippen molar-refractivity contribution in [2.75, 3.05) is 11.5 Å². The first-order chi connectivity index (χ1) is 12.6. The fourth-order valence-electron chi connectivity index (χ4n) is 1.95. The fourth-order valence-corrected chi connectivity index (χ4v) is 17.1. The van der Waals surface area contributed by atoms with Crippen LogP contribution >= 0.6 is 128 Å². The lowest BCUT2D eigenvalue weighted by Crippen LogP contribution is -1.96. The standard InChI is InChI=1S/C14H10OS11/c1-3-17-8-9(18-4-2)24-11(23-8)10-19-5(6(16)20-10)7-21-12-13(22-7)26-14(15)25-12/h3-4H2,1-2H3. The summed E-state index contributed by atoms with van der Waals surface area (Å²) in [4.78, 5) is 11.5. The van der Waals surface area contributed by atoms with Gasteiger partial charge in [-0.3, -0.25) is 4.79 Å². The fraction of sp³-hybridized carbons (Fsp3) is 0.286. The summed E-state index contributed by atoms with van der Waals surface area (Å²) in [5.41, 5.74) is 0. The van der Waals surface area contributed by atoms with E-state index in [4.69, 9.17) is 12.2 Å². The van der Waals surface area contributed by atoms with Crippen LogP contribution in [0.3, 0.4) is 0 Å². The molecule has 0 atom stereocenters. The molecule has 4 rings (SSSR count). The minimum atomic E-state index is 0.185. The van der Waals surface area contributed by atoms with Crippen molar-refractivity contribution in [2.45, 2.75) is 22.3 Å². The Morgan fingerprint density at radius 2 is 1.38 bits per heavy atom. The molecule has 0 aromatic carbocycles. The van der Waals surface area contributed by atoms with Gasteiger partial charge in [0.25, 0.3) is 4.06 Å². The first-order valence-corrected chi connectivity index (χ1v) is 16.2. The molecule has 2 aromatic heterocycles. The zero-order chi connectivity index (χ0) is 18.3. The second kappa shape index (κ2) is 9.23. The molecule has 0 radical (unpaired) electrons. The maximum absolute atomic E-state index is 11.5. The van der Waals surface area contributed by atoms with E-state index in [0.29, 0.717) is 0 Å². The van der Waals surface area contributed by atoms with E-state index in [1.807, 2.05) is 58.4 Å². The Morgan fingerprint density at radius 1 is 0.808 bits per heavy atom. The van der Waals surface area contributed by atoms with Gasteiger partial charge in [-0.05, 0) is 11.5 Å². The largest absolute Gasteiger partial charge is 0.289 e. The van der Waals surface area contributed by atoms with Gasteiger partial charge in [0.15, 0.2) is 0 Å². The van der Waals surface area contributed by atoms with Crippen LogP contribution < -0.4 is 12.4 Å². The van der Waals surface area contributed by atoms with Gasteiger partial charge in [-0.25, -0.2) is 0 Å². The van der Waals surface area contributed by atoms with Crippen molar-refractivity contribution in [1.82, 2.24) is 0 Å². The zero-order valence-corrected chi connectivity index (χ0v) is 22.3. The normalized spacial score (nSPS) is 16.8. The summed E-state index contributed by atoms with van der Waals surface area (Å²) in [5.74, 6) is 2.21. The molecule has 0 N–H and O–H groups in total. The molecule has 0 saturated heterocycles. The molecule has 12 heteroatoms. The predicted molar refractivity (Wildman–Crippen MR) is 138 cm³/mol. The van der Waals surface area contributed by atoms with Gasteiger partial charge in [0.2, 0.25) is 0 Å². The lowest BCUT2D eigenvalue weighted by Gasteiger charge is -1.99. The van der Waals surface area contributed by atoms with Crippen LogP contribution in [0.1, 0.15) is 13.8 Å². The molecule has 2 aliphatic rings. The first-order valence-electron chi connectivity index (χ1n) is 7.32. The molecule has 0 spiro atoms. The van der Waals surface area contributed by atoms with Gasteiger partial charge in [-0.1, -0.05) is 95.8 Å². The minimum absolute atomic E-state index is 0.185. The predicted octanol–water partition coefficient (Wildman–Crippen LogP) is 7.16. The van der Waals surface area contributed by atoms with Crippen LogP contribution in [-0.2, 0) is 0 Å². The molecule has 0 aliphatic carbocycles. The Morgan fingerprint density at radius 3 is 1.92 bits per heavy atom. The molecule has 138 valence electrons. The number of hydrogen-bond acceptors (Lipinski definition) is 12. The minimum Gasteiger partial charge on any atom is -0.265 e. The SMILES string of the molecule is CCSC1=C(SCC)SC(=c2sc(=S)c(=C3Sc4sc(=O)sc4S3)s2)S1. The first kappa shape index (κ1) is 21.0. The van der Waals surface area contributed by atoms with E-state index in [1.54, 1.807) is 34.9 Å². The van der Waals surface area contributed by atoms with Crippen LogP contribution in [0.25, 0.3) is 8.47 Å². The van der Waals surface area contributed by atoms with Crippen molar-refractivity contribution < 1.29 is 0 Å². The highest BCUT2D eigenvalue weighted by Crippen LogP contribution is 2.58. The van der Waals surface area contributed by atoms with Gasteiger partial charge in [0.1, 0.15) is 7.67 Å². The van der Waals surface area contributed by atoms with Crippen molar-refractivity contribution in [3.63, 3.8) is 0 Å².